The number of nitrogens with zero attached hydrogens (tertiary/aromatic N) is 2. The molecule has 1 unspecified atom stereocenters. The van der Waals surface area contributed by atoms with Gasteiger partial charge >= 0.3 is 0 Å². The Kier molecular flexibility index (Phi) is 11.9. The highest BCUT2D eigenvalue weighted by atomic mass is 35.5. The molecule has 4 rings (SSSR count). The van der Waals surface area contributed by atoms with Crippen LogP contribution in [0.5, 0.6) is 11.5 Å². The van der Waals surface area contributed by atoms with Crippen LogP contribution in [0.2, 0.25) is 10.0 Å². The molecule has 4 aromatic rings. The van der Waals surface area contributed by atoms with Gasteiger partial charge in [-0.2, -0.15) is 0 Å². The SMILES string of the molecule is CCCNC(=O)C(CC)N(Cc1ccc(Cl)cc1Cl)C(=O)CN(c1ccc(Oc2ccccc2)cc1)S(=O)(=O)c1ccccc1. The number of benzene rings is 4. The predicted octanol–water partition coefficient (Wildman–Crippen LogP) is 7.31. The number of carbonyl (C=O) groups is 2. The number of hydrogen-bond donors (Lipinski definition) is 1. The van der Waals surface area contributed by atoms with Crippen molar-refractivity contribution >= 4 is 50.7 Å². The molecule has 8 nitrogen and oxygen atoms in total. The number of rotatable bonds is 14. The highest BCUT2D eigenvalue weighted by molar-refractivity contribution is 7.92. The number of sulfonamides is 1. The average Bonchev–Trinajstić information content (AvgIpc) is 3.04. The van der Waals surface area contributed by atoms with E-state index in [2.05, 4.69) is 5.32 Å². The molecule has 0 aliphatic carbocycles. The molecule has 0 radical (unpaired) electrons. The largest absolute Gasteiger partial charge is 0.457 e. The zero-order valence-electron chi connectivity index (χ0n) is 25.0. The fourth-order valence-corrected chi connectivity index (χ4v) is 6.58. The van der Waals surface area contributed by atoms with Crippen LogP contribution in [0.15, 0.2) is 108 Å². The standard InChI is InChI=1S/C34H35Cl2N3O5S/c1-3-21-37-34(41)32(4-2)38(23-25-15-16-26(35)22-31(25)36)33(40)24-39(45(42,43)30-13-9-6-10-14-30)27-17-19-29(20-18-27)44-28-11-7-5-8-12-28/h5-20,22,32H,3-4,21,23-24H2,1-2H3,(H,37,41). The first-order valence-electron chi connectivity index (χ1n) is 14.6. The lowest BCUT2D eigenvalue weighted by Gasteiger charge is -2.33. The molecule has 0 saturated carbocycles. The number of ether oxygens (including phenoxy) is 1. The summed E-state index contributed by atoms with van der Waals surface area (Å²) in [5.74, 6) is 0.199. The van der Waals surface area contributed by atoms with E-state index in [0.29, 0.717) is 46.5 Å². The third-order valence-electron chi connectivity index (χ3n) is 7.00. The Morgan fingerprint density at radius 1 is 0.844 bits per heavy atom. The van der Waals surface area contributed by atoms with Gasteiger partial charge < -0.3 is 15.0 Å². The number of hydrogen-bond acceptors (Lipinski definition) is 5. The molecule has 45 heavy (non-hydrogen) atoms. The Morgan fingerprint density at radius 2 is 1.47 bits per heavy atom. The molecule has 0 saturated heterocycles. The fraction of sp³-hybridized carbons (Fsp3) is 0.235. The lowest BCUT2D eigenvalue weighted by atomic mass is 10.1. The van der Waals surface area contributed by atoms with Gasteiger partial charge in [0.05, 0.1) is 10.6 Å². The lowest BCUT2D eigenvalue weighted by molar-refractivity contribution is -0.140. The molecule has 0 aliphatic rings. The van der Waals surface area contributed by atoms with Crippen molar-refractivity contribution in [1.82, 2.24) is 10.2 Å². The topological polar surface area (TPSA) is 96.0 Å². The number of carbonyl (C=O) groups excluding carboxylic acids is 2. The maximum atomic E-state index is 14.2. The molecule has 0 bridgehead atoms. The van der Waals surface area contributed by atoms with Gasteiger partial charge in [-0.15, -0.1) is 0 Å². The van der Waals surface area contributed by atoms with Crippen LogP contribution in [0.25, 0.3) is 0 Å². The first-order chi connectivity index (χ1) is 21.6. The maximum Gasteiger partial charge on any atom is 0.264 e. The van der Waals surface area contributed by atoms with Crippen molar-refractivity contribution in [3.63, 3.8) is 0 Å². The van der Waals surface area contributed by atoms with Crippen molar-refractivity contribution in [2.45, 2.75) is 44.2 Å². The van der Waals surface area contributed by atoms with E-state index < -0.39 is 28.5 Å². The average molecular weight is 669 g/mol. The molecule has 0 spiro atoms. The van der Waals surface area contributed by atoms with Crippen LogP contribution >= 0.6 is 23.2 Å². The van der Waals surface area contributed by atoms with Gasteiger partial charge in [-0.05, 0) is 79.1 Å². The van der Waals surface area contributed by atoms with Crippen LogP contribution in [0.3, 0.4) is 0 Å². The summed E-state index contributed by atoms with van der Waals surface area (Å²) < 4.78 is 35.0. The molecular formula is C34H35Cl2N3O5S. The summed E-state index contributed by atoms with van der Waals surface area (Å²) in [5, 5.41) is 3.61. The van der Waals surface area contributed by atoms with Gasteiger partial charge in [0.1, 0.15) is 24.1 Å². The van der Waals surface area contributed by atoms with Crippen LogP contribution < -0.4 is 14.4 Å². The van der Waals surface area contributed by atoms with Crippen molar-refractivity contribution in [2.24, 2.45) is 0 Å². The van der Waals surface area contributed by atoms with E-state index in [1.54, 1.807) is 79.7 Å². The van der Waals surface area contributed by atoms with E-state index >= 15 is 0 Å². The van der Waals surface area contributed by atoms with Crippen molar-refractivity contribution in [2.75, 3.05) is 17.4 Å². The molecule has 4 aromatic carbocycles. The minimum atomic E-state index is -4.21. The van der Waals surface area contributed by atoms with E-state index in [0.717, 1.165) is 4.31 Å². The zero-order chi connectivity index (χ0) is 32.4. The van der Waals surface area contributed by atoms with Crippen molar-refractivity contribution in [1.29, 1.82) is 0 Å². The molecular weight excluding hydrogens is 633 g/mol. The Hall–Kier alpha value is -4.05. The van der Waals surface area contributed by atoms with E-state index in [1.807, 2.05) is 25.1 Å². The van der Waals surface area contributed by atoms with E-state index in [9.17, 15) is 18.0 Å². The summed E-state index contributed by atoms with van der Waals surface area (Å²) in [5.41, 5.74) is 0.816. The number of halogens is 2. The maximum absolute atomic E-state index is 14.2. The smallest absolute Gasteiger partial charge is 0.264 e. The number of para-hydroxylation sites is 1. The van der Waals surface area contributed by atoms with Crippen LogP contribution in [0.4, 0.5) is 5.69 Å². The summed E-state index contributed by atoms with van der Waals surface area (Å²) >= 11 is 12.6. The van der Waals surface area contributed by atoms with Crippen molar-refractivity contribution in [3.8, 4) is 11.5 Å². The fourth-order valence-electron chi connectivity index (χ4n) is 4.67. The normalized spacial score (nSPS) is 11.8. The molecule has 11 heteroatoms. The molecule has 2 amide bonds. The van der Waals surface area contributed by atoms with Gasteiger partial charge in [-0.1, -0.05) is 79.5 Å². The predicted molar refractivity (Wildman–Crippen MR) is 178 cm³/mol. The monoisotopic (exact) mass is 667 g/mol. The Bertz CT molecular complexity index is 1690. The first-order valence-corrected chi connectivity index (χ1v) is 16.8. The van der Waals surface area contributed by atoms with Gasteiger partial charge in [0.25, 0.3) is 10.0 Å². The van der Waals surface area contributed by atoms with Gasteiger partial charge in [-0.3, -0.25) is 13.9 Å². The molecule has 1 atom stereocenters. The highest BCUT2D eigenvalue weighted by Gasteiger charge is 2.34. The van der Waals surface area contributed by atoms with Crippen LogP contribution in [0.1, 0.15) is 32.3 Å². The molecule has 0 aliphatic heterocycles. The van der Waals surface area contributed by atoms with Gasteiger partial charge in [0, 0.05) is 23.1 Å². The van der Waals surface area contributed by atoms with Crippen LogP contribution in [-0.4, -0.2) is 44.3 Å². The van der Waals surface area contributed by atoms with Gasteiger partial charge in [0.15, 0.2) is 0 Å². The van der Waals surface area contributed by atoms with Crippen molar-refractivity contribution in [3.05, 3.63) is 119 Å². The Morgan fingerprint density at radius 3 is 2.07 bits per heavy atom. The second-order valence-electron chi connectivity index (χ2n) is 10.2. The Labute approximate surface area is 274 Å². The first kappa shape index (κ1) is 33.8. The number of amides is 2. The quantitative estimate of drug-likeness (QED) is 0.152. The number of nitrogens with one attached hydrogen (secondary N) is 1. The van der Waals surface area contributed by atoms with Crippen LogP contribution in [0, 0.1) is 0 Å². The third-order valence-corrected chi connectivity index (χ3v) is 9.38. The van der Waals surface area contributed by atoms with Gasteiger partial charge in [-0.25, -0.2) is 8.42 Å². The summed E-state index contributed by atoms with van der Waals surface area (Å²) in [6.45, 7) is 3.56. The zero-order valence-corrected chi connectivity index (χ0v) is 27.4. The number of anilines is 1. The highest BCUT2D eigenvalue weighted by Crippen LogP contribution is 2.29. The van der Waals surface area contributed by atoms with Gasteiger partial charge in [0.2, 0.25) is 11.8 Å². The second kappa shape index (κ2) is 15.8. The molecule has 236 valence electrons. The summed E-state index contributed by atoms with van der Waals surface area (Å²) in [6, 6.07) is 27.5. The summed E-state index contributed by atoms with van der Waals surface area (Å²) in [6.07, 6.45) is 1.01. The summed E-state index contributed by atoms with van der Waals surface area (Å²) in [7, 11) is -4.21. The van der Waals surface area contributed by atoms with E-state index in [1.165, 1.54) is 17.0 Å². The Balaban J connectivity index is 1.72. The molecule has 0 fully saturated rings. The molecule has 0 heterocycles. The third kappa shape index (κ3) is 8.78. The van der Waals surface area contributed by atoms with E-state index in [-0.39, 0.29) is 23.0 Å². The van der Waals surface area contributed by atoms with E-state index in [4.69, 9.17) is 27.9 Å². The van der Waals surface area contributed by atoms with Crippen molar-refractivity contribution < 1.29 is 22.7 Å². The minimum Gasteiger partial charge on any atom is -0.457 e. The molecule has 0 aromatic heterocycles. The van der Waals surface area contributed by atoms with Crippen LogP contribution in [-0.2, 0) is 26.2 Å². The minimum absolute atomic E-state index is 0.0161. The molecule has 1 N–H and O–H groups in total. The lowest BCUT2D eigenvalue weighted by Crippen LogP contribution is -2.52. The second-order valence-corrected chi connectivity index (χ2v) is 12.9. The summed E-state index contributed by atoms with van der Waals surface area (Å²) in [4.78, 5) is 28.9.